The fourth-order valence-corrected chi connectivity index (χ4v) is 2.65. The Balaban J connectivity index is 2.60. The zero-order valence-corrected chi connectivity index (χ0v) is 13.0. The molecule has 0 aliphatic heterocycles. The second-order valence-electron chi connectivity index (χ2n) is 4.13. The lowest BCUT2D eigenvalue weighted by molar-refractivity contribution is -0.136. The Hall–Kier alpha value is -0.930. The molecule has 2 aromatic rings. The van der Waals surface area contributed by atoms with Crippen molar-refractivity contribution in [2.24, 2.45) is 0 Å². The van der Waals surface area contributed by atoms with Crippen LogP contribution in [-0.2, 0) is 11.2 Å². The van der Waals surface area contributed by atoms with Crippen LogP contribution in [0.15, 0.2) is 30.3 Å². The zero-order valence-electron chi connectivity index (χ0n) is 9.96. The van der Waals surface area contributed by atoms with Gasteiger partial charge in [0, 0.05) is 5.02 Å². The second kappa shape index (κ2) is 6.23. The van der Waals surface area contributed by atoms with Gasteiger partial charge in [-0.3, -0.25) is 4.79 Å². The van der Waals surface area contributed by atoms with E-state index in [1.54, 1.807) is 30.3 Å². The molecule has 0 radical (unpaired) electrons. The highest BCUT2D eigenvalue weighted by atomic mass is 35.5. The van der Waals surface area contributed by atoms with Crippen LogP contribution in [0.4, 0.5) is 0 Å². The van der Waals surface area contributed by atoms with E-state index in [9.17, 15) is 4.79 Å². The summed E-state index contributed by atoms with van der Waals surface area (Å²) in [5, 5.41) is 10.3. The first kappa shape index (κ1) is 15.5. The minimum absolute atomic E-state index is 0.145. The SMILES string of the molecule is O=C(O)Cc1cc(Cl)ccc1-c1cc(Cl)c(Cl)c(Cl)c1. The van der Waals surface area contributed by atoms with Gasteiger partial charge in [0.25, 0.3) is 0 Å². The third-order valence-electron chi connectivity index (χ3n) is 2.70. The van der Waals surface area contributed by atoms with E-state index in [-0.39, 0.29) is 11.4 Å². The third kappa shape index (κ3) is 3.39. The molecule has 2 rings (SSSR count). The number of benzene rings is 2. The predicted octanol–water partition coefficient (Wildman–Crippen LogP) is 5.59. The van der Waals surface area contributed by atoms with Crippen molar-refractivity contribution in [3.63, 3.8) is 0 Å². The Bertz CT molecular complexity index is 660. The Morgan fingerprint density at radius 1 is 1.00 bits per heavy atom. The van der Waals surface area contributed by atoms with E-state index in [4.69, 9.17) is 51.5 Å². The largest absolute Gasteiger partial charge is 0.481 e. The Morgan fingerprint density at radius 3 is 2.15 bits per heavy atom. The van der Waals surface area contributed by atoms with Crippen LogP contribution in [0.25, 0.3) is 11.1 Å². The number of hydrogen-bond donors (Lipinski definition) is 1. The Morgan fingerprint density at radius 2 is 1.60 bits per heavy atom. The molecule has 0 aliphatic rings. The van der Waals surface area contributed by atoms with Crippen molar-refractivity contribution in [2.75, 3.05) is 0 Å². The summed E-state index contributed by atoms with van der Waals surface area (Å²) in [4.78, 5) is 10.9. The quantitative estimate of drug-likeness (QED) is 0.733. The molecule has 0 aliphatic carbocycles. The van der Waals surface area contributed by atoms with Gasteiger partial charge in [-0.15, -0.1) is 0 Å². The molecule has 0 unspecified atom stereocenters. The lowest BCUT2D eigenvalue weighted by atomic mass is 9.98. The number of carboxylic acids is 1. The average molecular weight is 350 g/mol. The summed E-state index contributed by atoms with van der Waals surface area (Å²) in [7, 11) is 0. The highest BCUT2D eigenvalue weighted by Gasteiger charge is 2.13. The maximum Gasteiger partial charge on any atom is 0.307 e. The predicted molar refractivity (Wildman–Crippen MR) is 83.3 cm³/mol. The van der Waals surface area contributed by atoms with E-state index in [0.29, 0.717) is 31.8 Å². The van der Waals surface area contributed by atoms with Gasteiger partial charge in [-0.1, -0.05) is 52.5 Å². The van der Waals surface area contributed by atoms with E-state index in [1.165, 1.54) is 0 Å². The summed E-state index contributed by atoms with van der Waals surface area (Å²) in [6, 6.07) is 8.31. The summed E-state index contributed by atoms with van der Waals surface area (Å²) >= 11 is 23.8. The van der Waals surface area contributed by atoms with Crippen LogP contribution in [0.1, 0.15) is 5.56 Å². The van der Waals surface area contributed by atoms with Crippen molar-refractivity contribution >= 4 is 52.4 Å². The van der Waals surface area contributed by atoms with Gasteiger partial charge in [-0.2, -0.15) is 0 Å². The van der Waals surface area contributed by atoms with E-state index in [0.717, 1.165) is 0 Å². The van der Waals surface area contributed by atoms with Crippen LogP contribution in [0.3, 0.4) is 0 Å². The number of carbonyl (C=O) groups is 1. The molecule has 6 heteroatoms. The number of rotatable bonds is 3. The molecular formula is C14H8Cl4O2. The van der Waals surface area contributed by atoms with Crippen LogP contribution in [0.5, 0.6) is 0 Å². The third-order valence-corrected chi connectivity index (χ3v) is 4.14. The molecule has 0 heterocycles. The summed E-state index contributed by atoms with van der Waals surface area (Å²) in [5.74, 6) is -0.945. The molecule has 0 atom stereocenters. The molecule has 1 N–H and O–H groups in total. The van der Waals surface area contributed by atoms with Crippen molar-refractivity contribution in [3.8, 4) is 11.1 Å². The molecule has 2 aromatic carbocycles. The van der Waals surface area contributed by atoms with Gasteiger partial charge in [0.15, 0.2) is 0 Å². The van der Waals surface area contributed by atoms with Crippen molar-refractivity contribution < 1.29 is 9.90 Å². The smallest absolute Gasteiger partial charge is 0.307 e. The fourth-order valence-electron chi connectivity index (χ4n) is 1.86. The maximum absolute atomic E-state index is 10.9. The molecule has 0 fully saturated rings. The van der Waals surface area contributed by atoms with Gasteiger partial charge in [0.05, 0.1) is 21.5 Å². The van der Waals surface area contributed by atoms with E-state index >= 15 is 0 Å². The van der Waals surface area contributed by atoms with E-state index in [2.05, 4.69) is 0 Å². The van der Waals surface area contributed by atoms with Crippen LogP contribution < -0.4 is 0 Å². The molecule has 0 spiro atoms. The van der Waals surface area contributed by atoms with E-state index in [1.807, 2.05) is 0 Å². The molecule has 0 amide bonds. The zero-order chi connectivity index (χ0) is 14.9. The first-order valence-electron chi connectivity index (χ1n) is 5.53. The molecule has 2 nitrogen and oxygen atoms in total. The first-order valence-corrected chi connectivity index (χ1v) is 7.05. The summed E-state index contributed by atoms with van der Waals surface area (Å²) in [6.07, 6.45) is -0.145. The lowest BCUT2D eigenvalue weighted by Crippen LogP contribution is -2.02. The van der Waals surface area contributed by atoms with Gasteiger partial charge in [0.1, 0.15) is 0 Å². The van der Waals surface area contributed by atoms with Crippen LogP contribution >= 0.6 is 46.4 Å². The van der Waals surface area contributed by atoms with Crippen molar-refractivity contribution in [3.05, 3.63) is 56.0 Å². The Labute approximate surface area is 135 Å². The molecule has 0 saturated carbocycles. The highest BCUT2D eigenvalue weighted by molar-refractivity contribution is 6.48. The Kier molecular flexibility index (Phi) is 4.82. The molecule has 20 heavy (non-hydrogen) atoms. The maximum atomic E-state index is 10.9. The summed E-state index contributed by atoms with van der Waals surface area (Å²) < 4.78 is 0. The summed E-state index contributed by atoms with van der Waals surface area (Å²) in [5.41, 5.74) is 1.98. The first-order chi connectivity index (χ1) is 9.38. The molecule has 0 bridgehead atoms. The van der Waals surface area contributed by atoms with Gasteiger partial charge in [-0.05, 0) is 41.0 Å². The minimum atomic E-state index is -0.945. The van der Waals surface area contributed by atoms with E-state index < -0.39 is 5.97 Å². The number of halogens is 4. The number of aliphatic carboxylic acids is 1. The second-order valence-corrected chi connectivity index (χ2v) is 5.75. The van der Waals surface area contributed by atoms with Gasteiger partial charge in [-0.25, -0.2) is 0 Å². The molecule has 0 aromatic heterocycles. The van der Waals surface area contributed by atoms with Gasteiger partial charge in [0.2, 0.25) is 0 Å². The molecule has 104 valence electrons. The topological polar surface area (TPSA) is 37.3 Å². The normalized spacial score (nSPS) is 10.6. The van der Waals surface area contributed by atoms with Gasteiger partial charge < -0.3 is 5.11 Å². The van der Waals surface area contributed by atoms with Gasteiger partial charge >= 0.3 is 5.97 Å². The number of hydrogen-bond acceptors (Lipinski definition) is 1. The lowest BCUT2D eigenvalue weighted by Gasteiger charge is -2.11. The minimum Gasteiger partial charge on any atom is -0.481 e. The van der Waals surface area contributed by atoms with Crippen molar-refractivity contribution in [1.82, 2.24) is 0 Å². The van der Waals surface area contributed by atoms with Crippen LogP contribution in [0.2, 0.25) is 20.1 Å². The standard InChI is InChI=1S/C14H8Cl4O2/c15-9-1-2-10(7(3-9)6-13(19)20)8-4-11(16)14(18)12(17)5-8/h1-5H,6H2,(H,19,20). The summed E-state index contributed by atoms with van der Waals surface area (Å²) in [6.45, 7) is 0. The molecule has 0 saturated heterocycles. The average Bonchev–Trinajstić information content (AvgIpc) is 2.35. The monoisotopic (exact) mass is 348 g/mol. The molecular weight excluding hydrogens is 342 g/mol. The van der Waals surface area contributed by atoms with Crippen LogP contribution in [0, 0.1) is 0 Å². The van der Waals surface area contributed by atoms with Crippen LogP contribution in [-0.4, -0.2) is 11.1 Å². The number of carboxylic acid groups (broad SMARTS) is 1. The highest BCUT2D eigenvalue weighted by Crippen LogP contribution is 2.36. The van der Waals surface area contributed by atoms with Crippen molar-refractivity contribution in [2.45, 2.75) is 6.42 Å². The fraction of sp³-hybridized carbons (Fsp3) is 0.0714. The van der Waals surface area contributed by atoms with Crippen molar-refractivity contribution in [1.29, 1.82) is 0 Å².